The topological polar surface area (TPSA) is 35.8 Å². The molecule has 13 heavy (non-hydrogen) atoms. The Labute approximate surface area is 79.2 Å². The lowest BCUT2D eigenvalue weighted by atomic mass is 9.85. The number of nitrogens with zero attached hydrogens (tertiary/aromatic N) is 1. The molecule has 0 saturated heterocycles. The summed E-state index contributed by atoms with van der Waals surface area (Å²) in [4.78, 5) is 0. The van der Waals surface area contributed by atoms with Gasteiger partial charge in [0.25, 0.3) is 0 Å². The zero-order chi connectivity index (χ0) is 9.73. The van der Waals surface area contributed by atoms with Gasteiger partial charge in [-0.2, -0.15) is 5.26 Å². The maximum Gasteiger partial charge on any atom is 0.176 e. The lowest BCUT2D eigenvalue weighted by Gasteiger charge is -2.23. The van der Waals surface area contributed by atoms with Crippen LogP contribution in [-0.4, -0.2) is 6.54 Å². The maximum atomic E-state index is 8.42. The molecule has 0 aromatic heterocycles. The van der Waals surface area contributed by atoms with Gasteiger partial charge < -0.3 is 5.32 Å². The van der Waals surface area contributed by atoms with Gasteiger partial charge in [0.1, 0.15) is 0 Å². The molecule has 0 saturated carbocycles. The van der Waals surface area contributed by atoms with Gasteiger partial charge in [0.2, 0.25) is 0 Å². The first-order chi connectivity index (χ1) is 6.17. The van der Waals surface area contributed by atoms with E-state index < -0.39 is 0 Å². The van der Waals surface area contributed by atoms with Crippen molar-refractivity contribution < 1.29 is 0 Å². The molecule has 0 fully saturated rings. The van der Waals surface area contributed by atoms with Gasteiger partial charge in [0.05, 0.1) is 0 Å². The fourth-order valence-corrected chi connectivity index (χ4v) is 1.25. The van der Waals surface area contributed by atoms with E-state index in [-0.39, 0.29) is 5.41 Å². The zero-order valence-electron chi connectivity index (χ0n) is 8.04. The van der Waals surface area contributed by atoms with Gasteiger partial charge in [-0.05, 0) is 5.56 Å². The van der Waals surface area contributed by atoms with Crippen LogP contribution in [0.4, 0.5) is 0 Å². The normalized spacial score (nSPS) is 10.5. The lowest BCUT2D eigenvalue weighted by Crippen LogP contribution is -2.30. The van der Waals surface area contributed by atoms with Gasteiger partial charge in [0, 0.05) is 12.0 Å². The minimum atomic E-state index is 0.0109. The highest BCUT2D eigenvalue weighted by atomic mass is 14.9. The average Bonchev–Trinajstić information content (AvgIpc) is 2.16. The van der Waals surface area contributed by atoms with Crippen LogP contribution in [0.2, 0.25) is 0 Å². The third-order valence-corrected chi connectivity index (χ3v) is 2.16. The molecule has 0 spiro atoms. The van der Waals surface area contributed by atoms with E-state index in [2.05, 4.69) is 31.3 Å². The van der Waals surface area contributed by atoms with Crippen LogP contribution in [0.3, 0.4) is 0 Å². The first-order valence-electron chi connectivity index (χ1n) is 4.34. The lowest BCUT2D eigenvalue weighted by molar-refractivity contribution is 0.508. The molecule has 1 N–H and O–H groups in total. The fourth-order valence-electron chi connectivity index (χ4n) is 1.25. The van der Waals surface area contributed by atoms with E-state index in [1.807, 2.05) is 24.4 Å². The summed E-state index contributed by atoms with van der Waals surface area (Å²) in [7, 11) is 0. The Hall–Kier alpha value is -1.49. The minimum Gasteiger partial charge on any atom is -0.323 e. The summed E-state index contributed by atoms with van der Waals surface area (Å²) in [6, 6.07) is 10.2. The molecular formula is C11H14N2. The summed E-state index contributed by atoms with van der Waals surface area (Å²) in [6.45, 7) is 4.91. The summed E-state index contributed by atoms with van der Waals surface area (Å²) in [5, 5.41) is 11.1. The van der Waals surface area contributed by atoms with Crippen molar-refractivity contribution in [1.82, 2.24) is 5.32 Å². The van der Waals surface area contributed by atoms with Crippen LogP contribution in [-0.2, 0) is 5.41 Å². The summed E-state index contributed by atoms with van der Waals surface area (Å²) < 4.78 is 0. The van der Waals surface area contributed by atoms with E-state index in [0.29, 0.717) is 6.54 Å². The fraction of sp³-hybridized carbons (Fsp3) is 0.364. The molecule has 2 nitrogen and oxygen atoms in total. The van der Waals surface area contributed by atoms with Gasteiger partial charge in [-0.1, -0.05) is 44.2 Å². The third-order valence-electron chi connectivity index (χ3n) is 2.16. The second-order valence-corrected chi connectivity index (χ2v) is 3.72. The van der Waals surface area contributed by atoms with E-state index in [1.165, 1.54) is 5.56 Å². The highest BCUT2D eigenvalue weighted by molar-refractivity contribution is 5.23. The maximum absolute atomic E-state index is 8.42. The van der Waals surface area contributed by atoms with Crippen LogP contribution in [0.5, 0.6) is 0 Å². The summed E-state index contributed by atoms with van der Waals surface area (Å²) in [5.74, 6) is 0. The SMILES string of the molecule is CC(C)(CNC#N)c1ccccc1. The van der Waals surface area contributed by atoms with E-state index in [1.54, 1.807) is 0 Å². The van der Waals surface area contributed by atoms with Gasteiger partial charge in [0.15, 0.2) is 6.19 Å². The van der Waals surface area contributed by atoms with Crippen LogP contribution < -0.4 is 5.32 Å². The van der Waals surface area contributed by atoms with Crippen molar-refractivity contribution in [3.05, 3.63) is 35.9 Å². The zero-order valence-corrected chi connectivity index (χ0v) is 8.04. The van der Waals surface area contributed by atoms with E-state index >= 15 is 0 Å². The smallest absolute Gasteiger partial charge is 0.176 e. The van der Waals surface area contributed by atoms with Crippen LogP contribution in [0, 0.1) is 11.5 Å². The van der Waals surface area contributed by atoms with Crippen LogP contribution in [0.1, 0.15) is 19.4 Å². The number of hydrogen-bond donors (Lipinski definition) is 1. The molecule has 0 unspecified atom stereocenters. The molecule has 0 aliphatic carbocycles. The van der Waals surface area contributed by atoms with E-state index in [0.717, 1.165) is 0 Å². The van der Waals surface area contributed by atoms with Gasteiger partial charge in [-0.15, -0.1) is 0 Å². The molecule has 0 bridgehead atoms. The molecule has 1 aromatic carbocycles. The summed E-state index contributed by atoms with van der Waals surface area (Å²) >= 11 is 0. The predicted octanol–water partition coefficient (Wildman–Crippen LogP) is 2.03. The van der Waals surface area contributed by atoms with Crippen molar-refractivity contribution in [2.24, 2.45) is 0 Å². The quantitative estimate of drug-likeness (QED) is 0.562. The van der Waals surface area contributed by atoms with Gasteiger partial charge >= 0.3 is 0 Å². The van der Waals surface area contributed by atoms with Crippen molar-refractivity contribution in [2.75, 3.05) is 6.54 Å². The van der Waals surface area contributed by atoms with Crippen molar-refractivity contribution in [2.45, 2.75) is 19.3 Å². The molecular weight excluding hydrogens is 160 g/mol. The molecule has 68 valence electrons. The Morgan fingerprint density at radius 3 is 2.46 bits per heavy atom. The van der Waals surface area contributed by atoms with Gasteiger partial charge in [-0.3, -0.25) is 0 Å². The molecule has 0 amide bonds. The second kappa shape index (κ2) is 3.95. The predicted molar refractivity (Wildman–Crippen MR) is 53.1 cm³/mol. The highest BCUT2D eigenvalue weighted by Crippen LogP contribution is 2.21. The second-order valence-electron chi connectivity index (χ2n) is 3.72. The van der Waals surface area contributed by atoms with Crippen molar-refractivity contribution in [3.8, 4) is 6.19 Å². The first-order valence-corrected chi connectivity index (χ1v) is 4.34. The number of rotatable bonds is 3. The van der Waals surface area contributed by atoms with E-state index in [4.69, 9.17) is 5.26 Å². The van der Waals surface area contributed by atoms with Crippen LogP contribution in [0.15, 0.2) is 30.3 Å². The van der Waals surface area contributed by atoms with Crippen molar-refractivity contribution in [3.63, 3.8) is 0 Å². The molecule has 0 radical (unpaired) electrons. The Kier molecular flexibility index (Phi) is 2.92. The molecule has 1 aromatic rings. The molecule has 0 aliphatic heterocycles. The Morgan fingerprint density at radius 1 is 1.31 bits per heavy atom. The molecule has 0 atom stereocenters. The monoisotopic (exact) mass is 174 g/mol. The molecule has 0 aliphatic rings. The Bertz CT molecular complexity index is 296. The van der Waals surface area contributed by atoms with Crippen LogP contribution >= 0.6 is 0 Å². The number of nitriles is 1. The van der Waals surface area contributed by atoms with Crippen molar-refractivity contribution in [1.29, 1.82) is 5.26 Å². The molecule has 1 rings (SSSR count). The Balaban J connectivity index is 2.76. The summed E-state index contributed by atoms with van der Waals surface area (Å²) in [6.07, 6.45) is 1.94. The summed E-state index contributed by atoms with van der Waals surface area (Å²) in [5.41, 5.74) is 1.26. The van der Waals surface area contributed by atoms with Gasteiger partial charge in [-0.25, -0.2) is 0 Å². The first kappa shape index (κ1) is 9.60. The number of nitrogens with one attached hydrogen (secondary N) is 1. The Morgan fingerprint density at radius 2 is 1.92 bits per heavy atom. The van der Waals surface area contributed by atoms with Crippen molar-refractivity contribution >= 4 is 0 Å². The van der Waals surface area contributed by atoms with Crippen LogP contribution in [0.25, 0.3) is 0 Å². The van der Waals surface area contributed by atoms with E-state index in [9.17, 15) is 0 Å². The number of benzene rings is 1. The molecule has 0 heterocycles. The standard InChI is InChI=1S/C11H14N2/c1-11(2,8-13-9-12)10-6-4-3-5-7-10/h3-7,13H,8H2,1-2H3. The third kappa shape index (κ3) is 2.48. The molecule has 2 heteroatoms. The average molecular weight is 174 g/mol. The highest BCUT2D eigenvalue weighted by Gasteiger charge is 2.19. The number of hydrogen-bond acceptors (Lipinski definition) is 2. The largest absolute Gasteiger partial charge is 0.323 e. The minimum absolute atomic E-state index is 0.0109.